The van der Waals surface area contributed by atoms with E-state index in [0.717, 1.165) is 44.7 Å². The minimum Gasteiger partial charge on any atom is -0.358 e. The van der Waals surface area contributed by atoms with E-state index in [1.54, 1.807) is 6.08 Å². The summed E-state index contributed by atoms with van der Waals surface area (Å²) >= 11 is 0. The zero-order chi connectivity index (χ0) is 22.6. The first kappa shape index (κ1) is 22.8. The third-order valence-electron chi connectivity index (χ3n) is 6.98. The summed E-state index contributed by atoms with van der Waals surface area (Å²) in [5.41, 5.74) is -1.71. The average molecular weight is 435 g/mol. The highest BCUT2D eigenvalue weighted by atomic mass is 16.6. The van der Waals surface area contributed by atoms with E-state index in [4.69, 9.17) is 0 Å². The Balaban J connectivity index is 2.02. The summed E-state index contributed by atoms with van der Waals surface area (Å²) in [6.45, 7) is 0. The van der Waals surface area contributed by atoms with E-state index < -0.39 is 16.0 Å². The fourth-order valence-corrected chi connectivity index (χ4v) is 5.18. The number of hydrogen-bond acceptors (Lipinski definition) is 7. The van der Waals surface area contributed by atoms with E-state index in [-0.39, 0.29) is 34.3 Å². The van der Waals surface area contributed by atoms with Crippen LogP contribution in [0, 0.1) is 30.3 Å². The van der Waals surface area contributed by atoms with Crippen LogP contribution < -0.4 is 0 Å². The molecule has 31 heavy (non-hydrogen) atoms. The van der Waals surface area contributed by atoms with Crippen LogP contribution in [0.2, 0.25) is 0 Å². The Hall–Kier alpha value is -2.85. The van der Waals surface area contributed by atoms with Crippen molar-refractivity contribution in [2.24, 2.45) is 7.05 Å². The van der Waals surface area contributed by atoms with Gasteiger partial charge in [-0.05, 0) is 30.6 Å². The summed E-state index contributed by atoms with van der Waals surface area (Å²) < 4.78 is 1.30. The Morgan fingerprint density at radius 2 is 1.39 bits per heavy atom. The van der Waals surface area contributed by atoms with Gasteiger partial charge in [0.1, 0.15) is 6.20 Å². The molecule has 0 bridgehead atoms. The van der Waals surface area contributed by atoms with Gasteiger partial charge in [-0.3, -0.25) is 20.2 Å². The van der Waals surface area contributed by atoms with E-state index in [0.29, 0.717) is 31.3 Å². The van der Waals surface area contributed by atoms with Crippen molar-refractivity contribution >= 4 is 11.9 Å². The predicted octanol–water partition coefficient (Wildman–Crippen LogP) is 4.45. The second kappa shape index (κ2) is 9.11. The van der Waals surface area contributed by atoms with E-state index in [1.165, 1.54) is 11.6 Å². The molecule has 2 fully saturated rings. The van der Waals surface area contributed by atoms with Gasteiger partial charge in [0.05, 0.1) is 7.05 Å². The molecule has 2 aliphatic carbocycles. The lowest BCUT2D eigenvalue weighted by atomic mass is 9.72. The molecule has 0 radical (unpaired) electrons. The second-order valence-corrected chi connectivity index (χ2v) is 9.03. The van der Waals surface area contributed by atoms with Crippen LogP contribution in [0.25, 0.3) is 6.08 Å². The normalized spacial score (nSPS) is 20.0. The van der Waals surface area contributed by atoms with Gasteiger partial charge >= 0.3 is 5.82 Å². The van der Waals surface area contributed by atoms with E-state index in [1.807, 2.05) is 0 Å². The number of hydrogen-bond donors (Lipinski definition) is 0. The van der Waals surface area contributed by atoms with Crippen LogP contribution in [-0.2, 0) is 7.05 Å². The minimum absolute atomic E-state index is 0.107. The lowest BCUT2D eigenvalue weighted by Crippen LogP contribution is -2.44. The predicted molar refractivity (Wildman–Crippen MR) is 113 cm³/mol. The van der Waals surface area contributed by atoms with Crippen molar-refractivity contribution in [3.8, 4) is 0 Å². The Bertz CT molecular complexity index is 841. The molecule has 2 saturated carbocycles. The number of nitro groups is 3. The Labute approximate surface area is 180 Å². The molecule has 11 heteroatoms. The maximum absolute atomic E-state index is 12.1. The molecule has 0 aliphatic heterocycles. The highest BCUT2D eigenvalue weighted by molar-refractivity contribution is 5.49. The fourth-order valence-electron chi connectivity index (χ4n) is 5.18. The Morgan fingerprint density at radius 1 is 0.935 bits per heavy atom. The van der Waals surface area contributed by atoms with Gasteiger partial charge in [0, 0.05) is 54.4 Å². The lowest BCUT2D eigenvalue weighted by molar-refractivity contribution is -0.579. The minimum atomic E-state index is -1.15. The highest BCUT2D eigenvalue weighted by Crippen LogP contribution is 2.42. The van der Waals surface area contributed by atoms with Gasteiger partial charge in [-0.25, -0.2) is 9.55 Å². The summed E-state index contributed by atoms with van der Waals surface area (Å²) in [5, 5.41) is 35.3. The largest absolute Gasteiger partial charge is 0.358 e. The molecule has 1 aromatic rings. The van der Waals surface area contributed by atoms with Crippen LogP contribution in [0.1, 0.15) is 82.9 Å². The van der Waals surface area contributed by atoms with Crippen molar-refractivity contribution in [1.82, 2.24) is 9.55 Å². The van der Waals surface area contributed by atoms with Gasteiger partial charge in [-0.15, -0.1) is 0 Å². The number of nitrogens with zero attached hydrogens (tertiary/aromatic N) is 5. The molecule has 2 aliphatic rings. The third kappa shape index (κ3) is 4.75. The first-order chi connectivity index (χ1) is 14.7. The summed E-state index contributed by atoms with van der Waals surface area (Å²) in [6, 6.07) is 0. The first-order valence-electron chi connectivity index (χ1n) is 10.8. The molecule has 3 rings (SSSR count). The lowest BCUT2D eigenvalue weighted by Gasteiger charge is -2.33. The number of rotatable bonds is 8. The van der Waals surface area contributed by atoms with Crippen molar-refractivity contribution in [2.75, 3.05) is 0 Å². The fraction of sp³-hybridized carbons (Fsp3) is 0.750. The zero-order valence-electron chi connectivity index (χ0n) is 17.8. The molecule has 170 valence electrons. The van der Waals surface area contributed by atoms with Gasteiger partial charge in [-0.1, -0.05) is 18.4 Å². The molecule has 11 nitrogen and oxygen atoms in total. The summed E-state index contributed by atoms with van der Waals surface area (Å²) in [5.74, 6) is 0.0826. The number of imidazole rings is 1. The van der Waals surface area contributed by atoms with Crippen molar-refractivity contribution in [3.05, 3.63) is 47.9 Å². The topological polar surface area (TPSA) is 147 Å². The van der Waals surface area contributed by atoms with Crippen molar-refractivity contribution in [1.29, 1.82) is 0 Å². The number of aromatic nitrogens is 2. The van der Waals surface area contributed by atoms with E-state index >= 15 is 0 Å². The SMILES string of the molecule is Cn1c([N+](=O)[O-])cnc1C=C(CC1([N+](=O)[O-])CCCCC1)CC1([N+](=O)[O-])CCCCC1. The summed E-state index contributed by atoms with van der Waals surface area (Å²) in [7, 11) is 1.50. The molecule has 0 atom stereocenters. The molecule has 0 unspecified atom stereocenters. The smallest absolute Gasteiger partial charge is 0.342 e. The molecule has 0 N–H and O–H groups in total. The molecule has 0 spiro atoms. The monoisotopic (exact) mass is 435 g/mol. The molecule has 0 amide bonds. The van der Waals surface area contributed by atoms with Gasteiger partial charge in [0.15, 0.2) is 0 Å². The first-order valence-corrected chi connectivity index (χ1v) is 10.8. The molecule has 1 heterocycles. The second-order valence-electron chi connectivity index (χ2n) is 9.03. The Kier molecular flexibility index (Phi) is 6.71. The van der Waals surface area contributed by atoms with Gasteiger partial charge < -0.3 is 10.1 Å². The van der Waals surface area contributed by atoms with Gasteiger partial charge in [0.25, 0.3) is 0 Å². The van der Waals surface area contributed by atoms with Crippen molar-refractivity contribution in [3.63, 3.8) is 0 Å². The van der Waals surface area contributed by atoms with E-state index in [2.05, 4.69) is 4.98 Å². The molecular weight excluding hydrogens is 406 g/mol. The van der Waals surface area contributed by atoms with Crippen LogP contribution in [0.3, 0.4) is 0 Å². The van der Waals surface area contributed by atoms with E-state index in [9.17, 15) is 30.3 Å². The van der Waals surface area contributed by atoms with Crippen molar-refractivity contribution < 1.29 is 14.8 Å². The van der Waals surface area contributed by atoms with Gasteiger partial charge in [-0.2, -0.15) is 0 Å². The zero-order valence-corrected chi connectivity index (χ0v) is 17.8. The maximum Gasteiger partial charge on any atom is 0.342 e. The van der Waals surface area contributed by atoms with Crippen LogP contribution >= 0.6 is 0 Å². The summed E-state index contributed by atoms with van der Waals surface area (Å²) in [4.78, 5) is 38.4. The highest BCUT2D eigenvalue weighted by Gasteiger charge is 2.49. The van der Waals surface area contributed by atoms with Crippen LogP contribution in [0.4, 0.5) is 5.82 Å². The molecule has 0 aromatic carbocycles. The van der Waals surface area contributed by atoms with Crippen LogP contribution in [0.15, 0.2) is 11.8 Å². The quantitative estimate of drug-likeness (QED) is 0.432. The van der Waals surface area contributed by atoms with Crippen LogP contribution in [-0.4, -0.2) is 35.4 Å². The van der Waals surface area contributed by atoms with Crippen molar-refractivity contribution in [2.45, 2.75) is 88.1 Å². The maximum atomic E-state index is 12.1. The molecule has 1 aromatic heterocycles. The summed E-state index contributed by atoms with van der Waals surface area (Å²) in [6.07, 6.45) is 9.59. The Morgan fingerprint density at radius 3 is 1.74 bits per heavy atom. The third-order valence-corrected chi connectivity index (χ3v) is 6.98. The standard InChI is InChI=1S/C20H29N5O6/c1-22-17(21-15-18(22)23(26)27)12-16(13-19(24(28)29)8-4-2-5-9-19)14-20(25(30)31)10-6-3-7-11-20/h12,15H,2-11,13-14H2,1H3. The molecular formula is C20H29N5O6. The molecule has 0 saturated heterocycles. The van der Waals surface area contributed by atoms with Crippen LogP contribution in [0.5, 0.6) is 0 Å². The average Bonchev–Trinajstić information content (AvgIpc) is 3.09. The van der Waals surface area contributed by atoms with Gasteiger partial charge in [0.2, 0.25) is 16.9 Å².